The predicted octanol–water partition coefficient (Wildman–Crippen LogP) is 2.05. The van der Waals surface area contributed by atoms with Crippen LogP contribution < -0.4 is 0 Å². The Kier molecular flexibility index (Phi) is 8.71. The Morgan fingerprint density at radius 3 is 2.11 bits per heavy atom. The minimum absolute atomic E-state index is 0.0352. The van der Waals surface area contributed by atoms with E-state index in [1.165, 1.54) is 4.90 Å². The summed E-state index contributed by atoms with van der Waals surface area (Å²) in [5.41, 5.74) is -1.02. The van der Waals surface area contributed by atoms with Crippen molar-refractivity contribution in [3.63, 3.8) is 0 Å². The molecule has 0 aliphatic carbocycles. The number of carbonyl (C=O) groups is 4. The van der Waals surface area contributed by atoms with E-state index in [4.69, 9.17) is 9.47 Å². The number of esters is 2. The largest absolute Gasteiger partial charge is 0.461 e. The maximum Gasteiger partial charge on any atom is 0.330 e. The van der Waals surface area contributed by atoms with Crippen LogP contribution in [0.5, 0.6) is 0 Å². The van der Waals surface area contributed by atoms with Crippen LogP contribution in [0.25, 0.3) is 0 Å². The van der Waals surface area contributed by atoms with Gasteiger partial charge in [0, 0.05) is 12.2 Å². The molecule has 0 bridgehead atoms. The molecule has 1 saturated heterocycles. The molecule has 1 rings (SSSR count). The lowest BCUT2D eigenvalue weighted by atomic mass is 9.92. The van der Waals surface area contributed by atoms with Crippen LogP contribution in [0.1, 0.15) is 39.5 Å². The number of unbranched alkanes of at least 4 members (excludes halogenated alkanes) is 2. The molecule has 27 heavy (non-hydrogen) atoms. The lowest BCUT2D eigenvalue weighted by molar-refractivity contribution is -0.141. The summed E-state index contributed by atoms with van der Waals surface area (Å²) in [5, 5.41) is 0. The molecule has 8 heteroatoms. The minimum atomic E-state index is -1.02. The predicted molar refractivity (Wildman–Crippen MR) is 98.7 cm³/mol. The van der Waals surface area contributed by atoms with E-state index in [1.54, 1.807) is 6.92 Å². The highest BCUT2D eigenvalue weighted by molar-refractivity contribution is 6.06. The molecule has 0 aromatic carbocycles. The summed E-state index contributed by atoms with van der Waals surface area (Å²) in [6, 6.07) is -0.483. The topological polar surface area (TPSA) is 93.2 Å². The molecular weight excluding hydrogens is 352 g/mol. The maximum atomic E-state index is 12.9. The Labute approximate surface area is 159 Å². The fraction of sp³-hybridized carbons (Fsp3) is 0.579. The number of rotatable bonds is 12. The van der Waals surface area contributed by atoms with Crippen molar-refractivity contribution < 1.29 is 28.7 Å². The Morgan fingerprint density at radius 2 is 1.59 bits per heavy atom. The molecule has 1 heterocycles. The van der Waals surface area contributed by atoms with Gasteiger partial charge in [-0.25, -0.2) is 14.4 Å². The lowest BCUT2D eigenvalue weighted by Crippen LogP contribution is -2.48. The first-order chi connectivity index (χ1) is 12.8. The number of amides is 3. The van der Waals surface area contributed by atoms with Gasteiger partial charge in [0.05, 0.1) is 13.1 Å². The second-order valence-electron chi connectivity index (χ2n) is 6.37. The first kappa shape index (κ1) is 22.4. The van der Waals surface area contributed by atoms with Crippen molar-refractivity contribution in [2.24, 2.45) is 0 Å². The third kappa shape index (κ3) is 5.67. The highest BCUT2D eigenvalue weighted by Gasteiger charge is 2.53. The molecule has 0 spiro atoms. The van der Waals surface area contributed by atoms with Gasteiger partial charge in [-0.15, -0.1) is 0 Å². The van der Waals surface area contributed by atoms with Gasteiger partial charge in [0.1, 0.15) is 18.8 Å². The second-order valence-corrected chi connectivity index (χ2v) is 6.37. The molecule has 0 aromatic heterocycles. The zero-order valence-corrected chi connectivity index (χ0v) is 16.1. The summed E-state index contributed by atoms with van der Waals surface area (Å²) < 4.78 is 9.83. The van der Waals surface area contributed by atoms with Gasteiger partial charge in [-0.1, -0.05) is 39.3 Å². The average molecular weight is 380 g/mol. The summed E-state index contributed by atoms with van der Waals surface area (Å²) in [7, 11) is 0. The van der Waals surface area contributed by atoms with Crippen LogP contribution in [0.4, 0.5) is 4.79 Å². The third-order valence-corrected chi connectivity index (χ3v) is 4.48. The zero-order valence-electron chi connectivity index (χ0n) is 16.1. The molecule has 1 atom stereocenters. The molecule has 0 radical (unpaired) electrons. The van der Waals surface area contributed by atoms with Crippen LogP contribution in [0.2, 0.25) is 0 Å². The molecule has 0 N–H and O–H groups in total. The van der Waals surface area contributed by atoms with Gasteiger partial charge in [0.25, 0.3) is 5.91 Å². The van der Waals surface area contributed by atoms with Crippen molar-refractivity contribution in [1.29, 1.82) is 0 Å². The molecule has 1 aliphatic rings. The van der Waals surface area contributed by atoms with E-state index in [-0.39, 0.29) is 32.2 Å². The number of ether oxygens (including phenoxy) is 2. The van der Waals surface area contributed by atoms with Crippen molar-refractivity contribution in [2.75, 3.05) is 26.3 Å². The van der Waals surface area contributed by atoms with Gasteiger partial charge in [-0.3, -0.25) is 9.69 Å². The zero-order chi connectivity index (χ0) is 20.4. The van der Waals surface area contributed by atoms with Crippen molar-refractivity contribution in [3.05, 3.63) is 25.3 Å². The summed E-state index contributed by atoms with van der Waals surface area (Å²) in [4.78, 5) is 50.6. The Balaban J connectivity index is 2.86. The molecule has 1 aliphatic heterocycles. The molecular formula is C19H28N2O6. The standard InChI is InChI=1S/C19H28N2O6/c1-5-8-9-10-19(4)17(24)20(11-13-26-15(22)6-2)18(25)21(19)12-14-27-16(23)7-3/h6-7H,2-3,5,8-14H2,1,4H3. The highest BCUT2D eigenvalue weighted by Crippen LogP contribution is 2.32. The van der Waals surface area contributed by atoms with Gasteiger partial charge in [-0.05, 0) is 13.3 Å². The first-order valence-electron chi connectivity index (χ1n) is 9.03. The van der Waals surface area contributed by atoms with Crippen molar-refractivity contribution in [2.45, 2.75) is 45.1 Å². The molecule has 3 amide bonds. The van der Waals surface area contributed by atoms with Gasteiger partial charge >= 0.3 is 18.0 Å². The number of imide groups is 1. The molecule has 150 valence electrons. The van der Waals surface area contributed by atoms with Crippen molar-refractivity contribution in [3.8, 4) is 0 Å². The normalized spacial score (nSPS) is 19.2. The average Bonchev–Trinajstić information content (AvgIpc) is 2.83. The molecule has 0 saturated carbocycles. The van der Waals surface area contributed by atoms with E-state index in [1.807, 2.05) is 0 Å². The van der Waals surface area contributed by atoms with Crippen LogP contribution in [0, 0.1) is 0 Å². The SMILES string of the molecule is C=CC(=O)OCCN1C(=O)N(CCOC(=O)C=C)C(C)(CCCCC)C1=O. The fourth-order valence-corrected chi connectivity index (χ4v) is 2.94. The maximum absolute atomic E-state index is 12.9. The van der Waals surface area contributed by atoms with Crippen LogP contribution in [-0.4, -0.2) is 65.5 Å². The summed E-state index contributed by atoms with van der Waals surface area (Å²) in [6.45, 7) is 10.3. The van der Waals surface area contributed by atoms with Crippen molar-refractivity contribution in [1.82, 2.24) is 9.80 Å². The van der Waals surface area contributed by atoms with Crippen LogP contribution in [0.3, 0.4) is 0 Å². The number of hydrogen-bond donors (Lipinski definition) is 0. The van der Waals surface area contributed by atoms with Gasteiger partial charge in [0.15, 0.2) is 0 Å². The molecule has 8 nitrogen and oxygen atoms in total. The second kappa shape index (κ2) is 10.5. The first-order valence-corrected chi connectivity index (χ1v) is 9.03. The van der Waals surface area contributed by atoms with E-state index in [9.17, 15) is 19.2 Å². The number of carbonyl (C=O) groups excluding carboxylic acids is 4. The smallest absolute Gasteiger partial charge is 0.330 e. The van der Waals surface area contributed by atoms with Crippen molar-refractivity contribution >= 4 is 23.9 Å². The van der Waals surface area contributed by atoms with Crippen LogP contribution in [0.15, 0.2) is 25.3 Å². The quantitative estimate of drug-likeness (QED) is 0.223. The number of urea groups is 1. The summed E-state index contributed by atoms with van der Waals surface area (Å²) in [5.74, 6) is -1.55. The number of hydrogen-bond acceptors (Lipinski definition) is 6. The molecule has 1 unspecified atom stereocenters. The van der Waals surface area contributed by atoms with Gasteiger partial charge in [-0.2, -0.15) is 0 Å². The Bertz CT molecular complexity index is 603. The van der Waals surface area contributed by atoms with Gasteiger partial charge in [0.2, 0.25) is 0 Å². The van der Waals surface area contributed by atoms with E-state index in [0.717, 1.165) is 36.3 Å². The molecule has 0 aromatic rings. The monoisotopic (exact) mass is 380 g/mol. The highest BCUT2D eigenvalue weighted by atomic mass is 16.5. The Hall–Kier alpha value is -2.64. The van der Waals surface area contributed by atoms with Crippen LogP contribution >= 0.6 is 0 Å². The summed E-state index contributed by atoms with van der Waals surface area (Å²) in [6.07, 6.45) is 5.27. The lowest BCUT2D eigenvalue weighted by Gasteiger charge is -2.31. The van der Waals surface area contributed by atoms with Gasteiger partial charge < -0.3 is 14.4 Å². The van der Waals surface area contributed by atoms with Crippen LogP contribution in [-0.2, 0) is 23.9 Å². The van der Waals surface area contributed by atoms with E-state index in [0.29, 0.717) is 6.42 Å². The fourth-order valence-electron chi connectivity index (χ4n) is 2.94. The minimum Gasteiger partial charge on any atom is -0.461 e. The summed E-state index contributed by atoms with van der Waals surface area (Å²) >= 11 is 0. The number of nitrogens with zero attached hydrogens (tertiary/aromatic N) is 2. The molecule has 1 fully saturated rings. The van der Waals surface area contributed by atoms with E-state index in [2.05, 4.69) is 20.1 Å². The third-order valence-electron chi connectivity index (χ3n) is 4.48. The Morgan fingerprint density at radius 1 is 1.04 bits per heavy atom. The van der Waals surface area contributed by atoms with E-state index >= 15 is 0 Å². The van der Waals surface area contributed by atoms with E-state index < -0.39 is 23.5 Å².